The summed E-state index contributed by atoms with van der Waals surface area (Å²) in [5, 5.41) is 11.5. The summed E-state index contributed by atoms with van der Waals surface area (Å²) in [7, 11) is 0. The Morgan fingerprint density at radius 3 is 2.58 bits per heavy atom. The molecule has 0 spiro atoms. The fourth-order valence-electron chi connectivity index (χ4n) is 2.98. The maximum absolute atomic E-state index is 12.4. The lowest BCUT2D eigenvalue weighted by Gasteiger charge is -2.21. The third-order valence-electron chi connectivity index (χ3n) is 4.17. The van der Waals surface area contributed by atoms with Crippen molar-refractivity contribution in [2.75, 3.05) is 6.61 Å². The second-order valence-electron chi connectivity index (χ2n) is 6.89. The Bertz CT molecular complexity index is 897. The van der Waals surface area contributed by atoms with Crippen molar-refractivity contribution in [3.05, 3.63) is 59.5 Å². The zero-order chi connectivity index (χ0) is 18.7. The van der Waals surface area contributed by atoms with E-state index in [0.717, 1.165) is 22.6 Å². The number of amides is 1. The van der Waals surface area contributed by atoms with E-state index < -0.39 is 0 Å². The number of hydrogen-bond acceptors (Lipinski definition) is 4. The molecule has 1 amide bonds. The van der Waals surface area contributed by atoms with Gasteiger partial charge in [0.2, 0.25) is 0 Å². The van der Waals surface area contributed by atoms with Gasteiger partial charge in [0, 0.05) is 6.20 Å². The third-order valence-corrected chi connectivity index (χ3v) is 4.17. The Balaban J connectivity index is 1.71. The van der Waals surface area contributed by atoms with Crippen LogP contribution in [0.2, 0.25) is 0 Å². The highest BCUT2D eigenvalue weighted by Gasteiger charge is 2.23. The molecule has 0 aliphatic heterocycles. The van der Waals surface area contributed by atoms with Gasteiger partial charge in [0.1, 0.15) is 5.75 Å². The van der Waals surface area contributed by atoms with Crippen molar-refractivity contribution in [1.29, 1.82) is 0 Å². The Hall–Kier alpha value is -2.89. The first-order chi connectivity index (χ1) is 12.4. The van der Waals surface area contributed by atoms with Crippen LogP contribution in [0.5, 0.6) is 5.75 Å². The van der Waals surface area contributed by atoms with Gasteiger partial charge in [-0.1, -0.05) is 26.0 Å². The Labute approximate surface area is 153 Å². The Morgan fingerprint density at radius 2 is 1.88 bits per heavy atom. The minimum Gasteiger partial charge on any atom is -0.484 e. The number of hydrogen-bond donors (Lipinski definition) is 1. The van der Waals surface area contributed by atoms with Crippen molar-refractivity contribution < 1.29 is 9.53 Å². The molecule has 1 aromatic carbocycles. The smallest absolute Gasteiger partial charge is 0.258 e. The number of carbonyl (C=O) groups excluding carboxylic acids is 1. The molecule has 136 valence electrons. The van der Waals surface area contributed by atoms with Gasteiger partial charge in [-0.2, -0.15) is 0 Å². The molecular formula is C20H24N4O2. The SMILES string of the molecule is Cc1cc(C)cc(OCC(=O)N[C@H](c2nnc3ccccn23)C(C)C)c1. The highest BCUT2D eigenvalue weighted by Crippen LogP contribution is 2.21. The fraction of sp³-hybridized carbons (Fsp3) is 0.350. The summed E-state index contributed by atoms with van der Waals surface area (Å²) < 4.78 is 7.56. The van der Waals surface area contributed by atoms with Crippen molar-refractivity contribution in [2.45, 2.75) is 33.7 Å². The molecule has 0 radical (unpaired) electrons. The molecule has 0 aliphatic rings. The second-order valence-corrected chi connectivity index (χ2v) is 6.89. The minimum absolute atomic E-state index is 0.0388. The van der Waals surface area contributed by atoms with Gasteiger partial charge in [-0.15, -0.1) is 10.2 Å². The number of aryl methyl sites for hydroxylation is 2. The summed E-state index contributed by atoms with van der Waals surface area (Å²) >= 11 is 0. The molecule has 2 heterocycles. The van der Waals surface area contributed by atoms with Crippen LogP contribution in [0.15, 0.2) is 42.6 Å². The van der Waals surface area contributed by atoms with Crippen LogP contribution in [0.25, 0.3) is 5.65 Å². The number of nitrogens with one attached hydrogen (secondary N) is 1. The van der Waals surface area contributed by atoms with Gasteiger partial charge in [-0.05, 0) is 55.2 Å². The van der Waals surface area contributed by atoms with Crippen LogP contribution >= 0.6 is 0 Å². The number of pyridine rings is 1. The maximum Gasteiger partial charge on any atom is 0.258 e. The zero-order valence-corrected chi connectivity index (χ0v) is 15.6. The van der Waals surface area contributed by atoms with E-state index >= 15 is 0 Å². The quantitative estimate of drug-likeness (QED) is 0.739. The van der Waals surface area contributed by atoms with Crippen LogP contribution < -0.4 is 10.1 Å². The van der Waals surface area contributed by atoms with E-state index in [4.69, 9.17) is 4.74 Å². The van der Waals surface area contributed by atoms with Gasteiger partial charge < -0.3 is 10.1 Å². The van der Waals surface area contributed by atoms with Crippen molar-refractivity contribution in [1.82, 2.24) is 19.9 Å². The van der Waals surface area contributed by atoms with Crippen LogP contribution in [-0.4, -0.2) is 27.1 Å². The Kier molecular flexibility index (Phi) is 5.21. The number of carbonyl (C=O) groups is 1. The first-order valence-electron chi connectivity index (χ1n) is 8.74. The number of ether oxygens (including phenoxy) is 1. The molecule has 3 rings (SSSR count). The monoisotopic (exact) mass is 352 g/mol. The molecule has 0 fully saturated rings. The summed E-state index contributed by atoms with van der Waals surface area (Å²) in [5.41, 5.74) is 2.97. The van der Waals surface area contributed by atoms with E-state index in [1.165, 1.54) is 0 Å². The van der Waals surface area contributed by atoms with Gasteiger partial charge in [-0.25, -0.2) is 0 Å². The topological polar surface area (TPSA) is 68.5 Å². The van der Waals surface area contributed by atoms with Gasteiger partial charge >= 0.3 is 0 Å². The summed E-state index contributed by atoms with van der Waals surface area (Å²) in [6.45, 7) is 8.05. The van der Waals surface area contributed by atoms with Crippen molar-refractivity contribution in [2.24, 2.45) is 5.92 Å². The molecule has 0 saturated heterocycles. The summed E-state index contributed by atoms with van der Waals surface area (Å²) in [5.74, 6) is 1.39. The predicted octanol–water partition coefficient (Wildman–Crippen LogP) is 3.24. The highest BCUT2D eigenvalue weighted by atomic mass is 16.5. The molecule has 1 N–H and O–H groups in total. The number of aromatic nitrogens is 3. The number of benzene rings is 1. The molecule has 6 heteroatoms. The van der Waals surface area contributed by atoms with Gasteiger partial charge in [0.25, 0.3) is 5.91 Å². The lowest BCUT2D eigenvalue weighted by molar-refractivity contribution is -0.124. The standard InChI is InChI=1S/C20H24N4O2/c1-13(2)19(20-23-22-17-7-5-6-8-24(17)20)21-18(25)12-26-16-10-14(3)9-15(4)11-16/h5-11,13,19H,12H2,1-4H3,(H,21,25)/t19-/m0/s1. The van der Waals surface area contributed by atoms with E-state index in [0.29, 0.717) is 5.75 Å². The second kappa shape index (κ2) is 7.56. The molecule has 6 nitrogen and oxygen atoms in total. The summed E-state index contributed by atoms with van der Waals surface area (Å²) in [6.07, 6.45) is 1.90. The van der Waals surface area contributed by atoms with E-state index in [-0.39, 0.29) is 24.5 Å². The molecule has 26 heavy (non-hydrogen) atoms. The molecule has 3 aromatic rings. The lowest BCUT2D eigenvalue weighted by atomic mass is 10.0. The first-order valence-corrected chi connectivity index (χ1v) is 8.74. The molecule has 1 atom stereocenters. The molecule has 0 unspecified atom stereocenters. The molecule has 0 saturated carbocycles. The van der Waals surface area contributed by atoms with Gasteiger partial charge in [0.15, 0.2) is 18.1 Å². The predicted molar refractivity (Wildman–Crippen MR) is 100 cm³/mol. The number of rotatable bonds is 6. The summed E-state index contributed by atoms with van der Waals surface area (Å²) in [4.78, 5) is 12.4. The molecule has 0 bridgehead atoms. The van der Waals surface area contributed by atoms with Crippen molar-refractivity contribution >= 4 is 11.6 Å². The summed E-state index contributed by atoms with van der Waals surface area (Å²) in [6, 6.07) is 11.4. The van der Waals surface area contributed by atoms with Crippen LogP contribution in [0.1, 0.15) is 36.8 Å². The van der Waals surface area contributed by atoms with Crippen LogP contribution in [-0.2, 0) is 4.79 Å². The maximum atomic E-state index is 12.4. The Morgan fingerprint density at radius 1 is 1.15 bits per heavy atom. The zero-order valence-electron chi connectivity index (χ0n) is 15.6. The molecular weight excluding hydrogens is 328 g/mol. The van der Waals surface area contributed by atoms with Crippen LogP contribution in [0, 0.1) is 19.8 Å². The van der Waals surface area contributed by atoms with Crippen LogP contribution in [0.4, 0.5) is 0 Å². The van der Waals surface area contributed by atoms with Crippen molar-refractivity contribution in [3.63, 3.8) is 0 Å². The van der Waals surface area contributed by atoms with E-state index in [1.54, 1.807) is 0 Å². The van der Waals surface area contributed by atoms with Gasteiger partial charge in [-0.3, -0.25) is 9.20 Å². The normalized spacial score (nSPS) is 12.3. The van der Waals surface area contributed by atoms with E-state index in [1.807, 2.05) is 68.6 Å². The fourth-order valence-corrected chi connectivity index (χ4v) is 2.98. The van der Waals surface area contributed by atoms with Crippen molar-refractivity contribution in [3.8, 4) is 5.75 Å². The van der Waals surface area contributed by atoms with Crippen LogP contribution in [0.3, 0.4) is 0 Å². The average Bonchev–Trinajstić information content (AvgIpc) is 3.00. The lowest BCUT2D eigenvalue weighted by Crippen LogP contribution is -2.36. The first kappa shape index (κ1) is 17.9. The van der Waals surface area contributed by atoms with E-state index in [9.17, 15) is 4.79 Å². The molecule has 2 aromatic heterocycles. The molecule has 0 aliphatic carbocycles. The average molecular weight is 352 g/mol. The van der Waals surface area contributed by atoms with Gasteiger partial charge in [0.05, 0.1) is 6.04 Å². The number of nitrogens with zero attached hydrogens (tertiary/aromatic N) is 3. The third kappa shape index (κ3) is 4.02. The van der Waals surface area contributed by atoms with E-state index in [2.05, 4.69) is 21.6 Å². The minimum atomic E-state index is -0.247. The number of fused-ring (bicyclic) bond motifs is 1. The largest absolute Gasteiger partial charge is 0.484 e. The highest BCUT2D eigenvalue weighted by molar-refractivity contribution is 5.78.